The summed E-state index contributed by atoms with van der Waals surface area (Å²) in [6.07, 6.45) is 0.252. The Labute approximate surface area is 130 Å². The molecule has 2 aromatic rings. The van der Waals surface area contributed by atoms with Gasteiger partial charge in [-0.2, -0.15) is 5.26 Å². The lowest BCUT2D eigenvalue weighted by Crippen LogP contribution is -2.32. The van der Waals surface area contributed by atoms with E-state index in [1.165, 1.54) is 29.8 Å². The minimum Gasteiger partial charge on any atom is -0.358 e. The molecule has 0 spiro atoms. The van der Waals surface area contributed by atoms with Crippen molar-refractivity contribution >= 4 is 23.0 Å². The van der Waals surface area contributed by atoms with Crippen molar-refractivity contribution in [3.63, 3.8) is 0 Å². The van der Waals surface area contributed by atoms with Gasteiger partial charge >= 0.3 is 0 Å². The fraction of sp³-hybridized carbons (Fsp3) is 0.200. The average molecular weight is 317 g/mol. The van der Waals surface area contributed by atoms with Gasteiger partial charge in [0.25, 0.3) is 0 Å². The highest BCUT2D eigenvalue weighted by Crippen LogP contribution is 2.19. The topological polar surface area (TPSA) is 82.9 Å². The molecule has 1 aromatic heterocycles. The smallest absolute Gasteiger partial charge is 0.245 e. The molecule has 1 aromatic carbocycles. The Morgan fingerprint density at radius 3 is 2.82 bits per heavy atom. The molecule has 7 heteroatoms. The molecule has 0 radical (unpaired) electrons. The molecule has 1 heterocycles. The number of ketones is 1. The largest absolute Gasteiger partial charge is 0.358 e. The number of halogens is 1. The second kappa shape index (κ2) is 6.91. The predicted octanol–water partition coefficient (Wildman–Crippen LogP) is 1.94. The number of nitrogens with zero attached hydrogens (tertiary/aromatic N) is 2. The lowest BCUT2D eigenvalue weighted by atomic mass is 10.0. The summed E-state index contributed by atoms with van der Waals surface area (Å²) >= 11 is 1.19. The van der Waals surface area contributed by atoms with E-state index in [2.05, 4.69) is 10.3 Å². The highest BCUT2D eigenvalue weighted by Gasteiger charge is 2.28. The first-order chi connectivity index (χ1) is 10.6. The maximum atomic E-state index is 13.6. The maximum absolute atomic E-state index is 13.6. The number of nitrogens with one attached hydrogen (secondary N) is 1. The summed E-state index contributed by atoms with van der Waals surface area (Å²) in [5, 5.41) is 13.2. The van der Waals surface area contributed by atoms with E-state index in [9.17, 15) is 14.0 Å². The Morgan fingerprint density at radius 1 is 1.45 bits per heavy atom. The first kappa shape index (κ1) is 15.8. The third-order valence-electron chi connectivity index (χ3n) is 3.00. The summed E-state index contributed by atoms with van der Waals surface area (Å²) in [4.78, 5) is 27.7. The molecule has 0 aliphatic rings. The van der Waals surface area contributed by atoms with Crippen LogP contribution in [0, 0.1) is 23.1 Å². The lowest BCUT2D eigenvalue weighted by Gasteiger charge is -2.04. The van der Waals surface area contributed by atoms with Crippen molar-refractivity contribution in [1.29, 1.82) is 5.26 Å². The molecule has 0 saturated carbocycles. The SMILES string of the molecule is CNC(=O)C(C#N)C(=O)c1csc(Cc2ccccc2F)n1. The Balaban J connectivity index is 2.18. The number of benzene rings is 1. The van der Waals surface area contributed by atoms with Gasteiger partial charge in [0, 0.05) is 18.8 Å². The number of thiazole rings is 1. The first-order valence-electron chi connectivity index (χ1n) is 6.40. The van der Waals surface area contributed by atoms with Gasteiger partial charge in [0.05, 0.1) is 11.1 Å². The summed E-state index contributed by atoms with van der Waals surface area (Å²) in [6.45, 7) is 0. The molecule has 2 rings (SSSR count). The number of nitriles is 1. The minimum atomic E-state index is -1.42. The van der Waals surface area contributed by atoms with Crippen molar-refractivity contribution in [1.82, 2.24) is 10.3 Å². The van der Waals surface area contributed by atoms with Gasteiger partial charge in [0.15, 0.2) is 5.92 Å². The van der Waals surface area contributed by atoms with E-state index in [0.717, 1.165) is 0 Å². The Kier molecular flexibility index (Phi) is 4.96. The van der Waals surface area contributed by atoms with Gasteiger partial charge in [-0.3, -0.25) is 9.59 Å². The van der Waals surface area contributed by atoms with Gasteiger partial charge in [0.2, 0.25) is 11.7 Å². The van der Waals surface area contributed by atoms with Crippen LogP contribution in [-0.4, -0.2) is 23.7 Å². The Morgan fingerprint density at radius 2 is 2.18 bits per heavy atom. The van der Waals surface area contributed by atoms with Crippen LogP contribution in [0.4, 0.5) is 4.39 Å². The van der Waals surface area contributed by atoms with Crippen LogP contribution in [-0.2, 0) is 11.2 Å². The first-order valence-corrected chi connectivity index (χ1v) is 7.28. The van der Waals surface area contributed by atoms with E-state index in [4.69, 9.17) is 5.26 Å². The molecule has 0 saturated heterocycles. The van der Waals surface area contributed by atoms with E-state index in [1.54, 1.807) is 24.3 Å². The van der Waals surface area contributed by atoms with Crippen molar-refractivity contribution in [2.75, 3.05) is 7.05 Å². The Bertz CT molecular complexity index is 751. The van der Waals surface area contributed by atoms with Crippen LogP contribution in [0.3, 0.4) is 0 Å². The molecule has 0 aliphatic carbocycles. The van der Waals surface area contributed by atoms with Crippen LogP contribution in [0.2, 0.25) is 0 Å². The van der Waals surface area contributed by atoms with Crippen LogP contribution >= 0.6 is 11.3 Å². The summed E-state index contributed by atoms with van der Waals surface area (Å²) in [5.74, 6) is -3.09. The maximum Gasteiger partial charge on any atom is 0.245 e. The molecule has 5 nitrogen and oxygen atoms in total. The van der Waals surface area contributed by atoms with Crippen LogP contribution < -0.4 is 5.32 Å². The van der Waals surface area contributed by atoms with Crippen molar-refractivity contribution in [2.45, 2.75) is 6.42 Å². The number of carbonyl (C=O) groups excluding carboxylic acids is 2. The van der Waals surface area contributed by atoms with Gasteiger partial charge in [-0.15, -0.1) is 11.3 Å². The van der Waals surface area contributed by atoms with E-state index < -0.39 is 17.6 Å². The highest BCUT2D eigenvalue weighted by atomic mass is 32.1. The van der Waals surface area contributed by atoms with Gasteiger partial charge in [-0.05, 0) is 11.6 Å². The number of aromatic nitrogens is 1. The molecular formula is C15H12FN3O2S. The molecule has 1 unspecified atom stereocenters. The van der Waals surface area contributed by atoms with E-state index >= 15 is 0 Å². The summed E-state index contributed by atoms with van der Waals surface area (Å²) in [7, 11) is 1.35. The second-order valence-corrected chi connectivity index (χ2v) is 5.38. The van der Waals surface area contributed by atoms with E-state index in [0.29, 0.717) is 10.6 Å². The molecule has 1 amide bonds. The van der Waals surface area contributed by atoms with Crippen molar-refractivity contribution in [3.05, 3.63) is 51.7 Å². The molecular weight excluding hydrogens is 305 g/mol. The summed E-state index contributed by atoms with van der Waals surface area (Å²) < 4.78 is 13.6. The van der Waals surface area contributed by atoms with Crippen LogP contribution in [0.5, 0.6) is 0 Å². The number of carbonyl (C=O) groups is 2. The van der Waals surface area contributed by atoms with E-state index in [-0.39, 0.29) is 17.9 Å². The molecule has 22 heavy (non-hydrogen) atoms. The van der Waals surface area contributed by atoms with Crippen LogP contribution in [0.15, 0.2) is 29.6 Å². The normalized spacial score (nSPS) is 11.5. The molecule has 112 valence electrons. The zero-order chi connectivity index (χ0) is 16.1. The summed E-state index contributed by atoms with van der Waals surface area (Å²) in [6, 6.07) is 7.97. The number of amides is 1. The average Bonchev–Trinajstić information content (AvgIpc) is 2.98. The van der Waals surface area contributed by atoms with Gasteiger partial charge < -0.3 is 5.32 Å². The number of Topliss-reactive ketones (excluding diaryl/α,β-unsaturated/α-hetero) is 1. The van der Waals surface area contributed by atoms with Crippen molar-refractivity contribution in [3.8, 4) is 6.07 Å². The molecule has 1 N–H and O–H groups in total. The third-order valence-corrected chi connectivity index (χ3v) is 3.85. The fourth-order valence-electron chi connectivity index (χ4n) is 1.84. The summed E-state index contributed by atoms with van der Waals surface area (Å²) in [5.41, 5.74) is 0.519. The molecule has 1 atom stereocenters. The predicted molar refractivity (Wildman–Crippen MR) is 78.8 cm³/mol. The zero-order valence-electron chi connectivity index (χ0n) is 11.7. The van der Waals surface area contributed by atoms with Crippen LogP contribution in [0.25, 0.3) is 0 Å². The van der Waals surface area contributed by atoms with Gasteiger partial charge in [0.1, 0.15) is 11.5 Å². The number of hydrogen-bond donors (Lipinski definition) is 1. The molecule has 0 fully saturated rings. The number of rotatable bonds is 5. The van der Waals surface area contributed by atoms with Crippen LogP contribution in [0.1, 0.15) is 21.1 Å². The highest BCUT2D eigenvalue weighted by molar-refractivity contribution is 7.09. The van der Waals surface area contributed by atoms with Gasteiger partial charge in [-0.1, -0.05) is 18.2 Å². The molecule has 0 bridgehead atoms. The quantitative estimate of drug-likeness (QED) is 0.675. The second-order valence-electron chi connectivity index (χ2n) is 4.44. The van der Waals surface area contributed by atoms with Gasteiger partial charge in [-0.25, -0.2) is 9.37 Å². The van der Waals surface area contributed by atoms with E-state index in [1.807, 2.05) is 0 Å². The number of hydrogen-bond acceptors (Lipinski definition) is 5. The minimum absolute atomic E-state index is 0.0477. The standard InChI is InChI=1S/C15H12FN3O2S/c1-18-15(21)10(7-17)14(20)12-8-22-13(19-12)6-9-4-2-3-5-11(9)16/h2-5,8,10H,6H2,1H3,(H,18,21). The van der Waals surface area contributed by atoms with Crippen molar-refractivity contribution < 1.29 is 14.0 Å². The van der Waals surface area contributed by atoms with Crippen molar-refractivity contribution in [2.24, 2.45) is 5.92 Å². The monoisotopic (exact) mass is 317 g/mol. The lowest BCUT2D eigenvalue weighted by molar-refractivity contribution is -0.121. The fourth-order valence-corrected chi connectivity index (χ4v) is 2.64. The third kappa shape index (κ3) is 3.35. The Hall–Kier alpha value is -2.59. The molecule has 0 aliphatic heterocycles. The zero-order valence-corrected chi connectivity index (χ0v) is 12.5.